The van der Waals surface area contributed by atoms with E-state index in [9.17, 15) is 4.79 Å². The lowest BCUT2D eigenvalue weighted by molar-refractivity contribution is -0.133. The zero-order chi connectivity index (χ0) is 11.4. The van der Waals surface area contributed by atoms with E-state index in [1.54, 1.807) is 0 Å². The number of carbonyl (C=O) groups is 1. The summed E-state index contributed by atoms with van der Waals surface area (Å²) in [5.41, 5.74) is 0. The van der Waals surface area contributed by atoms with Crippen molar-refractivity contribution in [1.29, 1.82) is 0 Å². The molecule has 1 atom stereocenters. The molecule has 8 heteroatoms. The van der Waals surface area contributed by atoms with Gasteiger partial charge in [-0.15, -0.1) is 10.2 Å². The fourth-order valence-electron chi connectivity index (χ4n) is 1.27. The largest absolute Gasteiger partial charge is 0.481 e. The first-order valence-corrected chi connectivity index (χ1v) is 7.72. The molecule has 0 amide bonds. The van der Waals surface area contributed by atoms with Crippen molar-refractivity contribution < 1.29 is 9.90 Å². The fourth-order valence-corrected chi connectivity index (χ4v) is 3.97. The maximum atomic E-state index is 10.4. The maximum Gasteiger partial charge on any atom is 0.313 e. The van der Waals surface area contributed by atoms with E-state index in [4.69, 9.17) is 5.11 Å². The van der Waals surface area contributed by atoms with E-state index in [2.05, 4.69) is 15.5 Å². The van der Waals surface area contributed by atoms with Gasteiger partial charge in [-0.05, 0) is 12.2 Å². The molecule has 1 aromatic rings. The smallest absolute Gasteiger partial charge is 0.313 e. The minimum atomic E-state index is -0.832. The Morgan fingerprint density at radius 3 is 3.19 bits per heavy atom. The van der Waals surface area contributed by atoms with Crippen molar-refractivity contribution >= 4 is 46.0 Å². The third-order valence-corrected chi connectivity index (χ3v) is 5.12. The van der Waals surface area contributed by atoms with Crippen molar-refractivity contribution in [2.24, 2.45) is 0 Å². The number of hydrogen-bond acceptors (Lipinski definition) is 7. The Balaban J connectivity index is 1.84. The van der Waals surface area contributed by atoms with E-state index in [-0.39, 0.29) is 5.75 Å². The number of nitrogens with one attached hydrogen (secondary N) is 1. The van der Waals surface area contributed by atoms with Gasteiger partial charge in [0, 0.05) is 11.8 Å². The number of rotatable bonds is 5. The molecule has 0 aliphatic carbocycles. The number of aromatic nitrogens is 2. The molecule has 2 heterocycles. The summed E-state index contributed by atoms with van der Waals surface area (Å²) < 4.78 is 0.704. The third kappa shape index (κ3) is 3.53. The van der Waals surface area contributed by atoms with Crippen LogP contribution in [0.15, 0.2) is 4.34 Å². The molecular weight excluding hydrogens is 266 g/mol. The number of aliphatic carboxylic acids is 1. The summed E-state index contributed by atoms with van der Waals surface area (Å²) in [6.45, 7) is 0. The molecule has 1 aliphatic heterocycles. The van der Waals surface area contributed by atoms with Gasteiger partial charge >= 0.3 is 5.97 Å². The Labute approximate surface area is 105 Å². The molecule has 0 spiro atoms. The molecule has 1 aromatic heterocycles. The number of nitrogens with zero attached hydrogens (tertiary/aromatic N) is 2. The molecule has 88 valence electrons. The van der Waals surface area contributed by atoms with Crippen LogP contribution in [0.1, 0.15) is 6.42 Å². The second kappa shape index (κ2) is 5.74. The molecule has 2 rings (SSSR count). The summed E-state index contributed by atoms with van der Waals surface area (Å²) in [7, 11) is 0. The first kappa shape index (κ1) is 12.0. The van der Waals surface area contributed by atoms with Crippen LogP contribution in [0.4, 0.5) is 5.13 Å². The van der Waals surface area contributed by atoms with Crippen molar-refractivity contribution in [3.8, 4) is 0 Å². The summed E-state index contributed by atoms with van der Waals surface area (Å²) in [5.74, 6) is 1.50. The molecule has 1 fully saturated rings. The molecule has 1 saturated heterocycles. The predicted octanol–water partition coefficient (Wildman–Crippen LogP) is 1.63. The Hall–Kier alpha value is -0.470. The van der Waals surface area contributed by atoms with Gasteiger partial charge in [-0.2, -0.15) is 11.8 Å². The highest BCUT2D eigenvalue weighted by atomic mass is 32.2. The second-order valence-corrected chi connectivity index (χ2v) is 6.61. The van der Waals surface area contributed by atoms with Gasteiger partial charge < -0.3 is 10.4 Å². The minimum absolute atomic E-state index is 0.0356. The zero-order valence-electron chi connectivity index (χ0n) is 8.38. The first-order chi connectivity index (χ1) is 7.74. The quantitative estimate of drug-likeness (QED) is 0.792. The normalized spacial score (nSPS) is 19.9. The molecule has 0 saturated carbocycles. The van der Waals surface area contributed by atoms with Crippen LogP contribution in [-0.2, 0) is 4.79 Å². The summed E-state index contributed by atoms with van der Waals surface area (Å²) in [6.07, 6.45) is 1.15. The summed E-state index contributed by atoms with van der Waals surface area (Å²) in [4.78, 5) is 10.4. The Morgan fingerprint density at radius 1 is 1.62 bits per heavy atom. The molecular formula is C8H11N3O2S3. The van der Waals surface area contributed by atoms with Gasteiger partial charge in [0.1, 0.15) is 0 Å². The van der Waals surface area contributed by atoms with Crippen LogP contribution in [-0.4, -0.2) is 44.6 Å². The monoisotopic (exact) mass is 277 g/mol. The first-order valence-electron chi connectivity index (χ1n) is 4.76. The molecule has 5 nitrogen and oxygen atoms in total. The Kier molecular flexibility index (Phi) is 4.30. The van der Waals surface area contributed by atoms with Crippen LogP contribution in [0, 0.1) is 0 Å². The van der Waals surface area contributed by atoms with Crippen LogP contribution in [0.25, 0.3) is 0 Å². The number of hydrogen-bond donors (Lipinski definition) is 2. The van der Waals surface area contributed by atoms with E-state index < -0.39 is 5.97 Å². The van der Waals surface area contributed by atoms with Crippen LogP contribution in [0.5, 0.6) is 0 Å². The van der Waals surface area contributed by atoms with E-state index in [1.807, 2.05) is 11.8 Å². The second-order valence-electron chi connectivity index (χ2n) is 3.26. The number of anilines is 1. The number of thioether (sulfide) groups is 2. The molecule has 1 unspecified atom stereocenters. The molecule has 0 aromatic carbocycles. The van der Waals surface area contributed by atoms with Crippen molar-refractivity contribution in [2.75, 3.05) is 22.6 Å². The Morgan fingerprint density at radius 2 is 2.50 bits per heavy atom. The third-order valence-electron chi connectivity index (χ3n) is 1.98. The highest BCUT2D eigenvalue weighted by Gasteiger charge is 2.17. The van der Waals surface area contributed by atoms with Gasteiger partial charge in [0.25, 0.3) is 0 Å². The lowest BCUT2D eigenvalue weighted by Gasteiger charge is -2.07. The molecule has 0 radical (unpaired) electrons. The van der Waals surface area contributed by atoms with Gasteiger partial charge in [-0.1, -0.05) is 23.1 Å². The summed E-state index contributed by atoms with van der Waals surface area (Å²) in [6, 6.07) is 0.482. The minimum Gasteiger partial charge on any atom is -0.481 e. The topological polar surface area (TPSA) is 75.1 Å². The number of carboxylic acid groups (broad SMARTS) is 1. The highest BCUT2D eigenvalue weighted by Crippen LogP contribution is 2.27. The van der Waals surface area contributed by atoms with Crippen molar-refractivity contribution in [3.63, 3.8) is 0 Å². The van der Waals surface area contributed by atoms with Gasteiger partial charge in [-0.3, -0.25) is 4.79 Å². The predicted molar refractivity (Wildman–Crippen MR) is 67.6 cm³/mol. The van der Waals surface area contributed by atoms with Crippen molar-refractivity contribution in [3.05, 3.63) is 0 Å². The summed E-state index contributed by atoms with van der Waals surface area (Å²) >= 11 is 4.56. The van der Waals surface area contributed by atoms with Crippen LogP contribution in [0.3, 0.4) is 0 Å². The van der Waals surface area contributed by atoms with Crippen LogP contribution < -0.4 is 5.32 Å². The zero-order valence-corrected chi connectivity index (χ0v) is 10.8. The van der Waals surface area contributed by atoms with E-state index in [0.29, 0.717) is 10.4 Å². The van der Waals surface area contributed by atoms with E-state index in [1.165, 1.54) is 28.9 Å². The van der Waals surface area contributed by atoms with Gasteiger partial charge in [0.05, 0.1) is 5.75 Å². The highest BCUT2D eigenvalue weighted by molar-refractivity contribution is 8.01. The van der Waals surface area contributed by atoms with Crippen molar-refractivity contribution in [2.45, 2.75) is 16.8 Å². The lowest BCUT2D eigenvalue weighted by Crippen LogP contribution is -2.17. The van der Waals surface area contributed by atoms with Gasteiger partial charge in [0.2, 0.25) is 5.13 Å². The van der Waals surface area contributed by atoms with Crippen molar-refractivity contribution in [1.82, 2.24) is 10.2 Å². The fraction of sp³-hybridized carbons (Fsp3) is 0.625. The molecule has 1 aliphatic rings. The van der Waals surface area contributed by atoms with Gasteiger partial charge in [-0.25, -0.2) is 0 Å². The number of carboxylic acids is 1. The average Bonchev–Trinajstić information content (AvgIpc) is 2.87. The molecule has 2 N–H and O–H groups in total. The maximum absolute atomic E-state index is 10.4. The standard InChI is InChI=1S/C8H11N3O2S3/c12-6(13)4-15-8-11-10-7(16-8)9-5-1-2-14-3-5/h5H,1-4H2,(H,9,10)(H,12,13). The molecule has 0 bridgehead atoms. The van der Waals surface area contributed by atoms with Gasteiger partial charge in [0.15, 0.2) is 4.34 Å². The lowest BCUT2D eigenvalue weighted by atomic mass is 10.3. The van der Waals surface area contributed by atoms with E-state index in [0.717, 1.165) is 17.3 Å². The SMILES string of the molecule is O=C(O)CSc1nnc(NC2CCSC2)s1. The van der Waals surface area contributed by atoms with E-state index >= 15 is 0 Å². The van der Waals surface area contributed by atoms with Crippen LogP contribution in [0.2, 0.25) is 0 Å². The molecule has 16 heavy (non-hydrogen) atoms. The average molecular weight is 277 g/mol. The Bertz CT molecular complexity index is 365. The van der Waals surface area contributed by atoms with Crippen LogP contribution >= 0.6 is 34.9 Å². The summed E-state index contributed by atoms with van der Waals surface area (Å²) in [5, 5.41) is 20.6.